The summed E-state index contributed by atoms with van der Waals surface area (Å²) in [4.78, 5) is 11.9. The number of hydrogen-bond acceptors (Lipinski definition) is 3. The van der Waals surface area contributed by atoms with Gasteiger partial charge >= 0.3 is 0 Å². The molecule has 3 rings (SSSR count). The molecule has 0 aliphatic heterocycles. The summed E-state index contributed by atoms with van der Waals surface area (Å²) >= 11 is 0. The molecule has 0 spiro atoms. The predicted molar refractivity (Wildman–Crippen MR) is 70.6 cm³/mol. The van der Waals surface area contributed by atoms with Gasteiger partial charge in [0.2, 0.25) is 0 Å². The van der Waals surface area contributed by atoms with Crippen LogP contribution in [0.3, 0.4) is 0 Å². The molecule has 1 N–H and O–H groups in total. The standard InChI is InChI=1S/C14H11FN4O/c15-11-6-4-10(5-7-11)14(20)16-9-13-18-17-12-3-1-2-8-19(12)13/h1-8H,9H2,(H,16,20). The van der Waals surface area contributed by atoms with Gasteiger partial charge in [-0.2, -0.15) is 0 Å². The van der Waals surface area contributed by atoms with E-state index in [1.807, 2.05) is 24.4 Å². The van der Waals surface area contributed by atoms with Crippen LogP contribution in [0, 0.1) is 5.82 Å². The Morgan fingerprint density at radius 1 is 1.15 bits per heavy atom. The first-order valence-electron chi connectivity index (χ1n) is 6.06. The number of rotatable bonds is 3. The Labute approximate surface area is 114 Å². The van der Waals surface area contributed by atoms with Crippen molar-refractivity contribution < 1.29 is 9.18 Å². The number of pyridine rings is 1. The Morgan fingerprint density at radius 2 is 1.95 bits per heavy atom. The van der Waals surface area contributed by atoms with Crippen LogP contribution in [0.15, 0.2) is 48.7 Å². The number of hydrogen-bond donors (Lipinski definition) is 1. The van der Waals surface area contributed by atoms with Crippen molar-refractivity contribution in [3.63, 3.8) is 0 Å². The first kappa shape index (κ1) is 12.3. The molecule has 5 nitrogen and oxygen atoms in total. The molecule has 3 aromatic rings. The molecule has 0 aliphatic rings. The van der Waals surface area contributed by atoms with E-state index in [0.29, 0.717) is 11.4 Å². The van der Waals surface area contributed by atoms with Crippen LogP contribution in [0.4, 0.5) is 4.39 Å². The molecule has 2 aromatic heterocycles. The van der Waals surface area contributed by atoms with Gasteiger partial charge in [0.25, 0.3) is 5.91 Å². The Balaban J connectivity index is 1.73. The third-order valence-corrected chi connectivity index (χ3v) is 2.90. The van der Waals surface area contributed by atoms with E-state index in [4.69, 9.17) is 0 Å². The van der Waals surface area contributed by atoms with E-state index >= 15 is 0 Å². The van der Waals surface area contributed by atoms with Crippen LogP contribution in [0.25, 0.3) is 5.65 Å². The second kappa shape index (κ2) is 5.08. The molecule has 0 aliphatic carbocycles. The number of fused-ring (bicyclic) bond motifs is 1. The lowest BCUT2D eigenvalue weighted by atomic mass is 10.2. The zero-order chi connectivity index (χ0) is 13.9. The lowest BCUT2D eigenvalue weighted by molar-refractivity contribution is 0.0949. The van der Waals surface area contributed by atoms with Crippen LogP contribution in [0.5, 0.6) is 0 Å². The van der Waals surface area contributed by atoms with E-state index in [1.54, 1.807) is 4.40 Å². The summed E-state index contributed by atoms with van der Waals surface area (Å²) < 4.78 is 14.6. The van der Waals surface area contributed by atoms with Gasteiger partial charge < -0.3 is 5.32 Å². The van der Waals surface area contributed by atoms with E-state index in [1.165, 1.54) is 24.3 Å². The molecule has 0 unspecified atom stereocenters. The highest BCUT2D eigenvalue weighted by Crippen LogP contribution is 2.05. The van der Waals surface area contributed by atoms with Gasteiger partial charge in [0.15, 0.2) is 11.5 Å². The summed E-state index contributed by atoms with van der Waals surface area (Å²) in [6, 6.07) is 10.9. The smallest absolute Gasteiger partial charge is 0.251 e. The number of nitrogens with one attached hydrogen (secondary N) is 1. The molecule has 1 amide bonds. The van der Waals surface area contributed by atoms with E-state index in [9.17, 15) is 9.18 Å². The molecule has 0 bridgehead atoms. The molecule has 20 heavy (non-hydrogen) atoms. The lowest BCUT2D eigenvalue weighted by Gasteiger charge is -2.04. The molecule has 100 valence electrons. The van der Waals surface area contributed by atoms with Crippen molar-refractivity contribution in [3.8, 4) is 0 Å². The molecular formula is C14H11FN4O. The molecule has 0 atom stereocenters. The number of halogens is 1. The first-order chi connectivity index (χ1) is 9.74. The topological polar surface area (TPSA) is 59.3 Å². The minimum absolute atomic E-state index is 0.251. The highest BCUT2D eigenvalue weighted by Gasteiger charge is 2.08. The number of amides is 1. The number of benzene rings is 1. The van der Waals surface area contributed by atoms with Crippen LogP contribution < -0.4 is 5.32 Å². The van der Waals surface area contributed by atoms with Gasteiger partial charge in [-0.15, -0.1) is 10.2 Å². The summed E-state index contributed by atoms with van der Waals surface area (Å²) in [5.41, 5.74) is 1.12. The lowest BCUT2D eigenvalue weighted by Crippen LogP contribution is -2.23. The van der Waals surface area contributed by atoms with Crippen molar-refractivity contribution in [3.05, 3.63) is 65.9 Å². The minimum atomic E-state index is -0.370. The fourth-order valence-corrected chi connectivity index (χ4v) is 1.87. The molecule has 1 aromatic carbocycles. The summed E-state index contributed by atoms with van der Waals surface area (Å²) in [7, 11) is 0. The van der Waals surface area contributed by atoms with Gasteiger partial charge in [0.1, 0.15) is 5.82 Å². The fourth-order valence-electron chi connectivity index (χ4n) is 1.87. The zero-order valence-corrected chi connectivity index (χ0v) is 10.5. The molecular weight excluding hydrogens is 259 g/mol. The van der Waals surface area contributed by atoms with Gasteiger partial charge in [0, 0.05) is 11.8 Å². The summed E-state index contributed by atoms with van der Waals surface area (Å²) in [5.74, 6) is -0.0151. The quantitative estimate of drug-likeness (QED) is 0.789. The number of aromatic nitrogens is 3. The molecule has 2 heterocycles. The fraction of sp³-hybridized carbons (Fsp3) is 0.0714. The van der Waals surface area contributed by atoms with Gasteiger partial charge in [-0.3, -0.25) is 9.20 Å². The average molecular weight is 270 g/mol. The normalized spacial score (nSPS) is 10.7. The minimum Gasteiger partial charge on any atom is -0.345 e. The predicted octanol–water partition coefficient (Wildman–Crippen LogP) is 1.80. The van der Waals surface area contributed by atoms with Crippen molar-refractivity contribution in [2.24, 2.45) is 0 Å². The largest absolute Gasteiger partial charge is 0.345 e. The Hall–Kier alpha value is -2.76. The summed E-state index contributed by atoms with van der Waals surface area (Å²) in [5, 5.41) is 10.7. The SMILES string of the molecule is O=C(NCc1nnc2ccccn12)c1ccc(F)cc1. The molecule has 0 fully saturated rings. The van der Waals surface area contributed by atoms with Crippen molar-refractivity contribution in [2.45, 2.75) is 6.54 Å². The second-order valence-electron chi connectivity index (χ2n) is 4.23. The molecule has 6 heteroatoms. The van der Waals surface area contributed by atoms with Gasteiger partial charge in [0.05, 0.1) is 6.54 Å². The van der Waals surface area contributed by atoms with Gasteiger partial charge in [-0.05, 0) is 36.4 Å². The number of nitrogens with zero attached hydrogens (tertiary/aromatic N) is 3. The Morgan fingerprint density at radius 3 is 2.75 bits per heavy atom. The summed E-state index contributed by atoms with van der Waals surface area (Å²) in [6.07, 6.45) is 1.83. The Bertz CT molecular complexity index is 751. The van der Waals surface area contributed by atoms with Crippen molar-refractivity contribution in [1.82, 2.24) is 19.9 Å². The highest BCUT2D eigenvalue weighted by atomic mass is 19.1. The van der Waals surface area contributed by atoms with Crippen LogP contribution in [0.1, 0.15) is 16.2 Å². The van der Waals surface area contributed by atoms with Crippen LogP contribution in [-0.4, -0.2) is 20.5 Å². The van der Waals surface area contributed by atoms with Crippen molar-refractivity contribution >= 4 is 11.6 Å². The molecule has 0 radical (unpaired) electrons. The van der Waals surface area contributed by atoms with E-state index in [0.717, 1.165) is 5.65 Å². The van der Waals surface area contributed by atoms with E-state index < -0.39 is 0 Å². The summed E-state index contributed by atoms with van der Waals surface area (Å²) in [6.45, 7) is 0.251. The van der Waals surface area contributed by atoms with Crippen molar-refractivity contribution in [2.75, 3.05) is 0 Å². The monoisotopic (exact) mass is 270 g/mol. The maximum Gasteiger partial charge on any atom is 0.251 e. The molecule has 0 saturated heterocycles. The number of carbonyl (C=O) groups excluding carboxylic acids is 1. The van der Waals surface area contributed by atoms with E-state index in [-0.39, 0.29) is 18.3 Å². The highest BCUT2D eigenvalue weighted by molar-refractivity contribution is 5.94. The maximum absolute atomic E-state index is 12.8. The van der Waals surface area contributed by atoms with E-state index in [2.05, 4.69) is 15.5 Å². The van der Waals surface area contributed by atoms with Crippen LogP contribution in [0.2, 0.25) is 0 Å². The van der Waals surface area contributed by atoms with Crippen molar-refractivity contribution in [1.29, 1.82) is 0 Å². The average Bonchev–Trinajstić information content (AvgIpc) is 2.89. The second-order valence-corrected chi connectivity index (χ2v) is 4.23. The molecule has 0 saturated carbocycles. The first-order valence-corrected chi connectivity index (χ1v) is 6.06. The van der Waals surface area contributed by atoms with Crippen LogP contribution >= 0.6 is 0 Å². The maximum atomic E-state index is 12.8. The van der Waals surface area contributed by atoms with Crippen LogP contribution in [-0.2, 0) is 6.54 Å². The van der Waals surface area contributed by atoms with Gasteiger partial charge in [-0.25, -0.2) is 4.39 Å². The van der Waals surface area contributed by atoms with Gasteiger partial charge in [-0.1, -0.05) is 6.07 Å². The third kappa shape index (κ3) is 2.35. The Kier molecular flexibility index (Phi) is 3.12. The number of carbonyl (C=O) groups is 1. The zero-order valence-electron chi connectivity index (χ0n) is 10.5. The third-order valence-electron chi connectivity index (χ3n) is 2.90.